The van der Waals surface area contributed by atoms with Crippen LogP contribution in [0.25, 0.3) is 10.9 Å². The number of hydrogen-bond donors (Lipinski definition) is 1. The molecule has 14 heavy (non-hydrogen) atoms. The van der Waals surface area contributed by atoms with E-state index in [1.807, 2.05) is 29.1 Å². The van der Waals surface area contributed by atoms with E-state index < -0.39 is 0 Å². The van der Waals surface area contributed by atoms with Gasteiger partial charge in [-0.1, -0.05) is 30.4 Å². The van der Waals surface area contributed by atoms with Crippen molar-refractivity contribution in [3.8, 4) is 0 Å². The van der Waals surface area contributed by atoms with E-state index in [1.165, 1.54) is 10.9 Å². The van der Waals surface area contributed by atoms with Crippen LogP contribution < -0.4 is 0 Å². The maximum absolute atomic E-state index is 4.31. The molecule has 0 unspecified atom stereocenters. The standard InChI is InChI=1S/C11H12N2S/c14-8-4-3-7-13-11-6-2-1-5-10(11)9-12-13/h1-6,9,14H,7-8H2. The van der Waals surface area contributed by atoms with Gasteiger partial charge < -0.3 is 0 Å². The number of rotatable bonds is 3. The van der Waals surface area contributed by atoms with Crippen LogP contribution in [0.5, 0.6) is 0 Å². The molecule has 0 aliphatic rings. The first kappa shape index (κ1) is 9.34. The zero-order valence-corrected chi connectivity index (χ0v) is 8.69. The lowest BCUT2D eigenvalue weighted by Crippen LogP contribution is -1.96. The number of allylic oxidation sites excluding steroid dienone is 1. The molecule has 1 heterocycles. The van der Waals surface area contributed by atoms with Crippen LogP contribution in [0.2, 0.25) is 0 Å². The molecule has 0 aliphatic heterocycles. The molecule has 0 aliphatic carbocycles. The van der Waals surface area contributed by atoms with Gasteiger partial charge in [0.1, 0.15) is 0 Å². The number of aromatic nitrogens is 2. The van der Waals surface area contributed by atoms with Crippen LogP contribution in [0.4, 0.5) is 0 Å². The van der Waals surface area contributed by atoms with E-state index in [0.29, 0.717) is 0 Å². The van der Waals surface area contributed by atoms with Crippen LogP contribution in [0, 0.1) is 0 Å². The fourth-order valence-corrected chi connectivity index (χ4v) is 1.57. The number of fused-ring (bicyclic) bond motifs is 1. The van der Waals surface area contributed by atoms with Crippen LogP contribution in [0.3, 0.4) is 0 Å². The lowest BCUT2D eigenvalue weighted by molar-refractivity contribution is 0.728. The molecule has 0 saturated carbocycles. The zero-order valence-electron chi connectivity index (χ0n) is 7.80. The fraction of sp³-hybridized carbons (Fsp3) is 0.182. The summed E-state index contributed by atoms with van der Waals surface area (Å²) >= 11 is 4.11. The Labute approximate surface area is 88.6 Å². The first-order valence-electron chi connectivity index (χ1n) is 4.58. The van der Waals surface area contributed by atoms with Gasteiger partial charge >= 0.3 is 0 Å². The number of thiol groups is 1. The first-order valence-corrected chi connectivity index (χ1v) is 5.21. The Kier molecular flexibility index (Phi) is 2.89. The van der Waals surface area contributed by atoms with Crippen molar-refractivity contribution in [1.29, 1.82) is 0 Å². The molecule has 2 aromatic rings. The highest BCUT2D eigenvalue weighted by molar-refractivity contribution is 7.80. The summed E-state index contributed by atoms with van der Waals surface area (Å²) < 4.78 is 1.98. The molecule has 1 aromatic heterocycles. The molecular weight excluding hydrogens is 192 g/mol. The van der Waals surface area contributed by atoms with Crippen LogP contribution in [0.15, 0.2) is 42.6 Å². The van der Waals surface area contributed by atoms with Gasteiger partial charge in [0.25, 0.3) is 0 Å². The lowest BCUT2D eigenvalue weighted by Gasteiger charge is -1.97. The second-order valence-corrected chi connectivity index (χ2v) is 3.40. The third kappa shape index (κ3) is 1.82. The van der Waals surface area contributed by atoms with E-state index in [0.717, 1.165) is 12.3 Å². The van der Waals surface area contributed by atoms with Gasteiger partial charge in [-0.3, -0.25) is 4.68 Å². The van der Waals surface area contributed by atoms with Crippen LogP contribution in [0.1, 0.15) is 0 Å². The normalized spacial score (nSPS) is 11.5. The van der Waals surface area contributed by atoms with E-state index in [-0.39, 0.29) is 0 Å². The van der Waals surface area contributed by atoms with Gasteiger partial charge in [-0.05, 0) is 6.07 Å². The Bertz CT molecular complexity index is 445. The average Bonchev–Trinajstić information content (AvgIpc) is 2.63. The minimum Gasteiger partial charge on any atom is -0.261 e. The van der Waals surface area contributed by atoms with Crippen molar-refractivity contribution < 1.29 is 0 Å². The molecule has 0 radical (unpaired) electrons. The summed E-state index contributed by atoms with van der Waals surface area (Å²) in [6.07, 6.45) is 6.00. The van der Waals surface area contributed by atoms with E-state index in [4.69, 9.17) is 0 Å². The highest BCUT2D eigenvalue weighted by atomic mass is 32.1. The molecule has 0 saturated heterocycles. The molecule has 0 N–H and O–H groups in total. The summed E-state index contributed by atoms with van der Waals surface area (Å²) in [6, 6.07) is 8.21. The number of para-hydroxylation sites is 1. The van der Waals surface area contributed by atoms with Gasteiger partial charge in [0.15, 0.2) is 0 Å². The second-order valence-electron chi connectivity index (χ2n) is 3.04. The van der Waals surface area contributed by atoms with Crippen molar-refractivity contribution in [1.82, 2.24) is 9.78 Å². The summed E-state index contributed by atoms with van der Waals surface area (Å²) in [6.45, 7) is 0.814. The number of benzene rings is 1. The minimum atomic E-state index is 0.777. The van der Waals surface area contributed by atoms with E-state index in [2.05, 4.69) is 35.9 Å². The topological polar surface area (TPSA) is 17.8 Å². The first-order chi connectivity index (χ1) is 6.92. The largest absolute Gasteiger partial charge is 0.261 e. The van der Waals surface area contributed by atoms with Gasteiger partial charge in [-0.25, -0.2) is 0 Å². The smallest absolute Gasteiger partial charge is 0.0686 e. The lowest BCUT2D eigenvalue weighted by atomic mass is 10.2. The van der Waals surface area contributed by atoms with Crippen molar-refractivity contribution in [2.24, 2.45) is 0 Å². The summed E-state index contributed by atoms with van der Waals surface area (Å²) in [5.41, 5.74) is 1.18. The highest BCUT2D eigenvalue weighted by Crippen LogP contribution is 2.12. The molecule has 2 rings (SSSR count). The maximum Gasteiger partial charge on any atom is 0.0686 e. The zero-order chi connectivity index (χ0) is 9.80. The summed E-state index contributed by atoms with van der Waals surface area (Å²) in [4.78, 5) is 0. The van der Waals surface area contributed by atoms with Crippen molar-refractivity contribution >= 4 is 23.5 Å². The van der Waals surface area contributed by atoms with Gasteiger partial charge in [0.2, 0.25) is 0 Å². The molecular formula is C11H12N2S. The van der Waals surface area contributed by atoms with Crippen molar-refractivity contribution in [3.05, 3.63) is 42.6 Å². The Morgan fingerprint density at radius 3 is 3.00 bits per heavy atom. The molecule has 1 aromatic carbocycles. The molecule has 0 amide bonds. The Morgan fingerprint density at radius 1 is 1.29 bits per heavy atom. The SMILES string of the molecule is SCC=CCn1ncc2ccccc21. The molecule has 0 atom stereocenters. The van der Waals surface area contributed by atoms with E-state index in [9.17, 15) is 0 Å². The maximum atomic E-state index is 4.31. The predicted octanol–water partition coefficient (Wildman–Crippen LogP) is 2.52. The van der Waals surface area contributed by atoms with Crippen molar-refractivity contribution in [2.45, 2.75) is 6.54 Å². The number of nitrogens with zero attached hydrogens (tertiary/aromatic N) is 2. The minimum absolute atomic E-state index is 0.777. The average molecular weight is 204 g/mol. The molecule has 0 fully saturated rings. The highest BCUT2D eigenvalue weighted by Gasteiger charge is 1.97. The van der Waals surface area contributed by atoms with Gasteiger partial charge in [-0.2, -0.15) is 17.7 Å². The summed E-state index contributed by atoms with van der Waals surface area (Å²) in [5.74, 6) is 0.777. The van der Waals surface area contributed by atoms with Crippen molar-refractivity contribution in [2.75, 3.05) is 5.75 Å². The molecule has 0 bridgehead atoms. The number of hydrogen-bond acceptors (Lipinski definition) is 2. The Morgan fingerprint density at radius 2 is 2.14 bits per heavy atom. The second kappa shape index (κ2) is 4.33. The third-order valence-electron chi connectivity index (χ3n) is 2.10. The molecule has 2 nitrogen and oxygen atoms in total. The van der Waals surface area contributed by atoms with Gasteiger partial charge in [0, 0.05) is 11.1 Å². The predicted molar refractivity (Wildman–Crippen MR) is 62.7 cm³/mol. The van der Waals surface area contributed by atoms with Crippen LogP contribution in [-0.2, 0) is 6.54 Å². The van der Waals surface area contributed by atoms with Crippen molar-refractivity contribution in [3.63, 3.8) is 0 Å². The Balaban J connectivity index is 2.29. The van der Waals surface area contributed by atoms with Crippen LogP contribution >= 0.6 is 12.6 Å². The quantitative estimate of drug-likeness (QED) is 0.601. The van der Waals surface area contributed by atoms with E-state index >= 15 is 0 Å². The molecule has 0 spiro atoms. The monoisotopic (exact) mass is 204 g/mol. The summed E-state index contributed by atoms with van der Waals surface area (Å²) in [5, 5.41) is 5.49. The molecule has 3 heteroatoms. The third-order valence-corrected chi connectivity index (χ3v) is 2.31. The fourth-order valence-electron chi connectivity index (χ4n) is 1.42. The summed E-state index contributed by atoms with van der Waals surface area (Å²) in [7, 11) is 0. The van der Waals surface area contributed by atoms with Gasteiger partial charge in [-0.15, -0.1) is 0 Å². The molecule has 72 valence electrons. The van der Waals surface area contributed by atoms with Gasteiger partial charge in [0.05, 0.1) is 18.3 Å². The van der Waals surface area contributed by atoms with E-state index in [1.54, 1.807) is 0 Å². The van der Waals surface area contributed by atoms with Crippen LogP contribution in [-0.4, -0.2) is 15.5 Å². The Hall–Kier alpha value is -1.22.